The molecule has 0 bridgehead atoms. The Labute approximate surface area is 106 Å². The molecule has 0 saturated carbocycles. The van der Waals surface area contributed by atoms with Gasteiger partial charge >= 0.3 is 0 Å². The molecule has 0 heterocycles. The summed E-state index contributed by atoms with van der Waals surface area (Å²) in [6, 6.07) is 8.39. The second-order valence-electron chi connectivity index (χ2n) is 3.69. The first kappa shape index (κ1) is 12.8. The van der Waals surface area contributed by atoms with E-state index in [9.17, 15) is 0 Å². The molecule has 0 amide bonds. The van der Waals surface area contributed by atoms with E-state index in [2.05, 4.69) is 53.8 Å². The van der Waals surface area contributed by atoms with Crippen LogP contribution >= 0.6 is 22.6 Å². The fraction of sp³-hybridized carbons (Fsp3) is 0.538. The summed E-state index contributed by atoms with van der Waals surface area (Å²) in [5, 5.41) is 0. The van der Waals surface area contributed by atoms with Crippen molar-refractivity contribution in [2.24, 2.45) is 0 Å². The normalized spacial score (nSPS) is 10.3. The number of unbranched alkanes of at least 4 members (excludes halogenated alkanes) is 3. The zero-order valence-corrected chi connectivity index (χ0v) is 11.5. The average molecular weight is 318 g/mol. The fourth-order valence-electron chi connectivity index (χ4n) is 1.39. The van der Waals surface area contributed by atoms with Crippen LogP contribution in [0.25, 0.3) is 0 Å². The third kappa shape index (κ3) is 5.40. The molecule has 1 aromatic rings. The predicted octanol–water partition coefficient (Wildman–Crippen LogP) is 4.58. The van der Waals surface area contributed by atoms with Crippen molar-refractivity contribution in [3.63, 3.8) is 0 Å². The zero-order chi connectivity index (χ0) is 10.9. The molecule has 0 saturated heterocycles. The predicted molar refractivity (Wildman–Crippen MR) is 73.8 cm³/mol. The van der Waals surface area contributed by atoms with Gasteiger partial charge in [-0.05, 0) is 24.1 Å². The number of halogens is 1. The lowest BCUT2D eigenvalue weighted by atomic mass is 10.2. The molecule has 1 nitrogen and oxygen atoms in total. The SMILES string of the molecule is CCCCCCOc1ccc(CI)cc1. The minimum absolute atomic E-state index is 0.851. The molecule has 15 heavy (non-hydrogen) atoms. The summed E-state index contributed by atoms with van der Waals surface area (Å²) in [7, 11) is 0. The van der Waals surface area contributed by atoms with Crippen molar-refractivity contribution in [1.29, 1.82) is 0 Å². The lowest BCUT2D eigenvalue weighted by Gasteiger charge is -2.06. The summed E-state index contributed by atoms with van der Waals surface area (Å²) < 4.78 is 6.71. The fourth-order valence-corrected chi connectivity index (χ4v) is 1.90. The number of ether oxygens (including phenoxy) is 1. The van der Waals surface area contributed by atoms with Crippen LogP contribution in [0.2, 0.25) is 0 Å². The van der Waals surface area contributed by atoms with Crippen molar-refractivity contribution in [3.8, 4) is 5.75 Å². The molecular formula is C13H19IO. The molecule has 0 fully saturated rings. The smallest absolute Gasteiger partial charge is 0.119 e. The summed E-state index contributed by atoms with van der Waals surface area (Å²) in [6.07, 6.45) is 5.05. The molecule has 0 aliphatic carbocycles. The first-order valence-corrected chi connectivity index (χ1v) is 7.17. The van der Waals surface area contributed by atoms with Gasteiger partial charge in [-0.3, -0.25) is 0 Å². The van der Waals surface area contributed by atoms with Crippen LogP contribution in [0.1, 0.15) is 38.2 Å². The maximum absolute atomic E-state index is 5.65. The molecule has 0 radical (unpaired) electrons. The van der Waals surface area contributed by atoms with E-state index in [1.54, 1.807) is 0 Å². The highest BCUT2D eigenvalue weighted by molar-refractivity contribution is 14.1. The van der Waals surface area contributed by atoms with Crippen molar-refractivity contribution in [2.75, 3.05) is 6.61 Å². The molecule has 1 rings (SSSR count). The number of hydrogen-bond acceptors (Lipinski definition) is 1. The van der Waals surface area contributed by atoms with Gasteiger partial charge in [0.1, 0.15) is 5.75 Å². The van der Waals surface area contributed by atoms with E-state index in [4.69, 9.17) is 4.74 Å². The van der Waals surface area contributed by atoms with Crippen LogP contribution in [-0.2, 0) is 4.43 Å². The first-order chi connectivity index (χ1) is 7.36. The van der Waals surface area contributed by atoms with E-state index in [0.717, 1.165) is 16.8 Å². The van der Waals surface area contributed by atoms with Gasteiger partial charge in [0.05, 0.1) is 6.61 Å². The summed E-state index contributed by atoms with van der Waals surface area (Å²) in [4.78, 5) is 0. The van der Waals surface area contributed by atoms with Crippen LogP contribution in [0, 0.1) is 0 Å². The Morgan fingerprint density at radius 2 is 1.80 bits per heavy atom. The van der Waals surface area contributed by atoms with Crippen LogP contribution in [0.4, 0.5) is 0 Å². The van der Waals surface area contributed by atoms with Gasteiger partial charge in [-0.15, -0.1) is 0 Å². The second kappa shape index (κ2) is 7.97. The summed E-state index contributed by atoms with van der Waals surface area (Å²) in [5.41, 5.74) is 1.36. The van der Waals surface area contributed by atoms with Gasteiger partial charge in [0.2, 0.25) is 0 Å². The molecule has 1 aromatic carbocycles. The number of hydrogen-bond donors (Lipinski definition) is 0. The third-order valence-electron chi connectivity index (χ3n) is 2.34. The average Bonchev–Trinajstić information content (AvgIpc) is 2.30. The van der Waals surface area contributed by atoms with Gasteiger partial charge in [0, 0.05) is 4.43 Å². The van der Waals surface area contributed by atoms with Gasteiger partial charge in [0.15, 0.2) is 0 Å². The molecule has 0 atom stereocenters. The Hall–Kier alpha value is -0.250. The largest absolute Gasteiger partial charge is 0.494 e. The third-order valence-corrected chi connectivity index (χ3v) is 3.23. The van der Waals surface area contributed by atoms with Crippen molar-refractivity contribution < 1.29 is 4.74 Å². The minimum atomic E-state index is 0.851. The van der Waals surface area contributed by atoms with E-state index < -0.39 is 0 Å². The Morgan fingerprint density at radius 1 is 1.07 bits per heavy atom. The van der Waals surface area contributed by atoms with Crippen molar-refractivity contribution in [1.82, 2.24) is 0 Å². The molecule has 0 unspecified atom stereocenters. The first-order valence-electron chi connectivity index (χ1n) is 5.64. The van der Waals surface area contributed by atoms with E-state index >= 15 is 0 Å². The van der Waals surface area contributed by atoms with E-state index in [0.29, 0.717) is 0 Å². The van der Waals surface area contributed by atoms with E-state index in [1.807, 2.05) is 0 Å². The van der Waals surface area contributed by atoms with E-state index in [1.165, 1.54) is 31.2 Å². The van der Waals surface area contributed by atoms with Crippen LogP contribution in [-0.4, -0.2) is 6.61 Å². The van der Waals surface area contributed by atoms with Gasteiger partial charge < -0.3 is 4.74 Å². The van der Waals surface area contributed by atoms with Gasteiger partial charge in [-0.1, -0.05) is 60.9 Å². The van der Waals surface area contributed by atoms with Gasteiger partial charge in [-0.2, -0.15) is 0 Å². The Bertz CT molecular complexity index is 256. The topological polar surface area (TPSA) is 9.23 Å². The summed E-state index contributed by atoms with van der Waals surface area (Å²) >= 11 is 2.37. The van der Waals surface area contributed by atoms with Crippen LogP contribution in [0.15, 0.2) is 24.3 Å². The van der Waals surface area contributed by atoms with Crippen molar-refractivity contribution >= 4 is 22.6 Å². The second-order valence-corrected chi connectivity index (χ2v) is 4.45. The lowest BCUT2D eigenvalue weighted by molar-refractivity contribution is 0.305. The standard InChI is InChI=1S/C13H19IO/c1-2-3-4-5-10-15-13-8-6-12(11-14)7-9-13/h6-9H,2-5,10-11H2,1H3. The molecule has 84 valence electrons. The van der Waals surface area contributed by atoms with Gasteiger partial charge in [0.25, 0.3) is 0 Å². The number of benzene rings is 1. The molecule has 0 aliphatic rings. The maximum atomic E-state index is 5.65. The number of alkyl halides is 1. The molecule has 0 N–H and O–H groups in total. The highest BCUT2D eigenvalue weighted by atomic mass is 127. The molecule has 0 spiro atoms. The van der Waals surface area contributed by atoms with Crippen LogP contribution in [0.3, 0.4) is 0 Å². The van der Waals surface area contributed by atoms with Crippen molar-refractivity contribution in [2.45, 2.75) is 37.0 Å². The highest BCUT2D eigenvalue weighted by Gasteiger charge is 1.94. The zero-order valence-electron chi connectivity index (χ0n) is 9.34. The lowest BCUT2D eigenvalue weighted by Crippen LogP contribution is -1.97. The maximum Gasteiger partial charge on any atom is 0.119 e. The number of rotatable bonds is 7. The Balaban J connectivity index is 2.20. The Kier molecular flexibility index (Phi) is 6.81. The quantitative estimate of drug-likeness (QED) is 0.406. The summed E-state index contributed by atoms with van der Waals surface area (Å²) in [5.74, 6) is 1.00. The van der Waals surface area contributed by atoms with Gasteiger partial charge in [-0.25, -0.2) is 0 Å². The minimum Gasteiger partial charge on any atom is -0.494 e. The van der Waals surface area contributed by atoms with E-state index in [-0.39, 0.29) is 0 Å². The molecule has 2 heteroatoms. The highest BCUT2D eigenvalue weighted by Crippen LogP contribution is 2.14. The molecule has 0 aromatic heterocycles. The van der Waals surface area contributed by atoms with Crippen molar-refractivity contribution in [3.05, 3.63) is 29.8 Å². The van der Waals surface area contributed by atoms with Crippen LogP contribution < -0.4 is 4.74 Å². The summed E-state index contributed by atoms with van der Waals surface area (Å²) in [6.45, 7) is 3.08. The monoisotopic (exact) mass is 318 g/mol. The molecule has 0 aliphatic heterocycles. The Morgan fingerprint density at radius 3 is 2.40 bits per heavy atom. The molecular weight excluding hydrogens is 299 g/mol. The van der Waals surface area contributed by atoms with Crippen LogP contribution in [0.5, 0.6) is 5.75 Å².